The number of amides is 1. The Kier molecular flexibility index (Phi) is 7.35. The molecule has 0 aliphatic rings. The van der Waals surface area contributed by atoms with Crippen LogP contribution in [0.4, 0.5) is 0 Å². The Morgan fingerprint density at radius 1 is 1.35 bits per heavy atom. The summed E-state index contributed by atoms with van der Waals surface area (Å²) >= 11 is 5.80. The number of aromatic hydroxyl groups is 1. The zero-order chi connectivity index (χ0) is 24.2. The lowest BCUT2D eigenvalue weighted by molar-refractivity contribution is -0.118. The molecule has 0 spiro atoms. The number of phenols is 1. The smallest absolute Gasteiger partial charge is 0.260 e. The number of methoxy groups -OCH3 is 1. The Hall–Kier alpha value is -3.15. The van der Waals surface area contributed by atoms with Crippen molar-refractivity contribution in [1.82, 2.24) is 15.4 Å². The van der Waals surface area contributed by atoms with Crippen molar-refractivity contribution in [2.45, 2.75) is 12.1 Å². The first-order valence-corrected chi connectivity index (χ1v) is 12.6. The molecule has 2 heterocycles. The number of nitrogens with zero attached hydrogens (tertiary/aromatic N) is 2. The molecule has 0 saturated carbocycles. The van der Waals surface area contributed by atoms with Crippen LogP contribution >= 0.6 is 39.0 Å². The van der Waals surface area contributed by atoms with E-state index in [0.717, 1.165) is 27.8 Å². The summed E-state index contributed by atoms with van der Waals surface area (Å²) in [6, 6.07) is 13.0. The maximum Gasteiger partial charge on any atom is 0.260 e. The van der Waals surface area contributed by atoms with E-state index in [1.54, 1.807) is 12.1 Å². The number of benzene rings is 2. The Bertz CT molecular complexity index is 1450. The monoisotopic (exact) mass is 558 g/mol. The third kappa shape index (κ3) is 5.16. The molecular weight excluding hydrogens is 540 g/mol. The van der Waals surface area contributed by atoms with E-state index in [9.17, 15) is 14.7 Å². The van der Waals surface area contributed by atoms with Gasteiger partial charge in [0.05, 0.1) is 28.9 Å². The fourth-order valence-corrected chi connectivity index (χ4v) is 5.51. The van der Waals surface area contributed by atoms with Crippen LogP contribution in [-0.4, -0.2) is 40.1 Å². The number of ether oxygens (including phenoxy) is 1. The van der Waals surface area contributed by atoms with Gasteiger partial charge in [0.2, 0.25) is 0 Å². The van der Waals surface area contributed by atoms with Crippen molar-refractivity contribution in [2.24, 2.45) is 5.10 Å². The van der Waals surface area contributed by atoms with Crippen molar-refractivity contribution < 1.29 is 14.6 Å². The van der Waals surface area contributed by atoms with E-state index in [-0.39, 0.29) is 28.7 Å². The Morgan fingerprint density at radius 3 is 2.85 bits per heavy atom. The van der Waals surface area contributed by atoms with E-state index < -0.39 is 0 Å². The van der Waals surface area contributed by atoms with Crippen LogP contribution in [0.5, 0.6) is 11.5 Å². The van der Waals surface area contributed by atoms with Gasteiger partial charge in [-0.2, -0.15) is 5.10 Å². The summed E-state index contributed by atoms with van der Waals surface area (Å²) in [5, 5.41) is 14.7. The number of thiophene rings is 1. The highest BCUT2D eigenvalue weighted by Crippen LogP contribution is 2.36. The van der Waals surface area contributed by atoms with Gasteiger partial charge < -0.3 is 14.8 Å². The molecule has 0 aliphatic heterocycles. The van der Waals surface area contributed by atoms with Gasteiger partial charge in [-0.3, -0.25) is 9.59 Å². The number of aromatic amines is 1. The largest absolute Gasteiger partial charge is 0.503 e. The van der Waals surface area contributed by atoms with E-state index in [2.05, 4.69) is 36.4 Å². The number of hydrogen-bond acceptors (Lipinski definition) is 8. The number of nitrogens with one attached hydrogen (secondary N) is 2. The zero-order valence-corrected chi connectivity index (χ0v) is 21.3. The Morgan fingerprint density at radius 2 is 2.12 bits per heavy atom. The molecule has 0 fully saturated rings. The molecule has 174 valence electrons. The summed E-state index contributed by atoms with van der Waals surface area (Å²) in [5.41, 5.74) is 4.67. The quantitative estimate of drug-likeness (QED) is 0.131. The van der Waals surface area contributed by atoms with Gasteiger partial charge in [-0.25, -0.2) is 10.4 Å². The van der Waals surface area contributed by atoms with Gasteiger partial charge in [0.15, 0.2) is 16.7 Å². The molecule has 2 aromatic carbocycles. The Balaban J connectivity index is 1.44. The van der Waals surface area contributed by atoms with E-state index in [4.69, 9.17) is 4.74 Å². The second kappa shape index (κ2) is 10.4. The number of thioether (sulfide) groups is 1. The summed E-state index contributed by atoms with van der Waals surface area (Å²) < 4.78 is 5.53. The van der Waals surface area contributed by atoms with Crippen LogP contribution in [0.15, 0.2) is 62.0 Å². The molecule has 0 radical (unpaired) electrons. The van der Waals surface area contributed by atoms with Crippen LogP contribution < -0.4 is 15.7 Å². The zero-order valence-electron chi connectivity index (χ0n) is 18.1. The number of hydrazone groups is 1. The van der Waals surface area contributed by atoms with Gasteiger partial charge in [0, 0.05) is 10.4 Å². The molecule has 0 unspecified atom stereocenters. The molecule has 4 aromatic rings. The van der Waals surface area contributed by atoms with Gasteiger partial charge in [0.1, 0.15) is 4.83 Å². The van der Waals surface area contributed by atoms with Crippen molar-refractivity contribution in [3.8, 4) is 22.6 Å². The third-order valence-electron chi connectivity index (χ3n) is 4.79. The first-order valence-electron chi connectivity index (χ1n) is 9.97. The Labute approximate surface area is 211 Å². The lowest BCUT2D eigenvalue weighted by atomic mass is 10.0. The van der Waals surface area contributed by atoms with Crippen LogP contribution in [0.3, 0.4) is 0 Å². The molecule has 3 N–H and O–H groups in total. The molecular formula is C23H19BrN4O4S2. The minimum Gasteiger partial charge on any atom is -0.503 e. The van der Waals surface area contributed by atoms with Crippen LogP contribution in [0.1, 0.15) is 10.4 Å². The number of carbonyl (C=O) groups is 1. The van der Waals surface area contributed by atoms with Crippen molar-refractivity contribution in [3.05, 3.63) is 67.7 Å². The number of fused-ring (bicyclic) bond motifs is 1. The normalized spacial score (nSPS) is 11.3. The summed E-state index contributed by atoms with van der Waals surface area (Å²) in [4.78, 5) is 34.0. The summed E-state index contributed by atoms with van der Waals surface area (Å²) in [6.45, 7) is 1.97. The molecule has 0 aliphatic carbocycles. The van der Waals surface area contributed by atoms with Crippen molar-refractivity contribution in [2.75, 3.05) is 12.9 Å². The van der Waals surface area contributed by atoms with Gasteiger partial charge in [-0.05, 0) is 46.1 Å². The highest BCUT2D eigenvalue weighted by molar-refractivity contribution is 9.10. The van der Waals surface area contributed by atoms with Gasteiger partial charge >= 0.3 is 0 Å². The number of aryl methyl sites for hydroxylation is 1. The molecule has 2 aromatic heterocycles. The first kappa shape index (κ1) is 24.0. The van der Waals surface area contributed by atoms with Crippen molar-refractivity contribution >= 4 is 61.4 Å². The fraction of sp³-hybridized carbons (Fsp3) is 0.130. The number of aromatic nitrogens is 2. The molecule has 4 rings (SSSR count). The van der Waals surface area contributed by atoms with E-state index in [1.165, 1.54) is 24.7 Å². The van der Waals surface area contributed by atoms with Crippen LogP contribution in [0, 0.1) is 6.92 Å². The second-order valence-corrected chi connectivity index (χ2v) is 10.1. The number of carbonyl (C=O) groups excluding carboxylic acids is 1. The highest BCUT2D eigenvalue weighted by atomic mass is 79.9. The van der Waals surface area contributed by atoms with Crippen molar-refractivity contribution in [3.63, 3.8) is 0 Å². The summed E-state index contributed by atoms with van der Waals surface area (Å²) in [6.07, 6.45) is 1.43. The standard InChI is InChI=1S/C23H19BrN4O4S2/c1-12-18(14-6-4-3-5-7-14)19-21(31)26-23(27-22(19)34-12)33-11-17(29)28-25-10-13-8-15(24)20(30)16(9-13)32-2/h3-10,30H,11H2,1-2H3,(H,28,29)(H,26,27,31)/b25-10+. The minimum absolute atomic E-state index is 0.0181. The first-order chi connectivity index (χ1) is 16.4. The molecule has 1 amide bonds. The molecule has 0 bridgehead atoms. The maximum absolute atomic E-state index is 12.8. The molecule has 0 atom stereocenters. The number of hydrogen-bond donors (Lipinski definition) is 3. The van der Waals surface area contributed by atoms with E-state index >= 15 is 0 Å². The van der Waals surface area contributed by atoms with Gasteiger partial charge in [-0.1, -0.05) is 42.1 Å². The SMILES string of the molecule is COc1cc(/C=N/NC(=O)CSc2nc3sc(C)c(-c4ccccc4)c3c(=O)[nH]2)cc(Br)c1O. The predicted octanol–water partition coefficient (Wildman–Crippen LogP) is 4.68. The molecule has 34 heavy (non-hydrogen) atoms. The number of phenolic OH excluding ortho intramolecular Hbond substituents is 1. The predicted molar refractivity (Wildman–Crippen MR) is 139 cm³/mol. The van der Waals surface area contributed by atoms with Crippen LogP contribution in [-0.2, 0) is 4.79 Å². The van der Waals surface area contributed by atoms with E-state index in [0.29, 0.717) is 25.4 Å². The maximum atomic E-state index is 12.8. The molecule has 11 heteroatoms. The topological polar surface area (TPSA) is 117 Å². The molecule has 8 nitrogen and oxygen atoms in total. The lowest BCUT2D eigenvalue weighted by Gasteiger charge is -2.06. The van der Waals surface area contributed by atoms with Gasteiger partial charge in [-0.15, -0.1) is 11.3 Å². The number of halogens is 1. The highest BCUT2D eigenvalue weighted by Gasteiger charge is 2.17. The fourth-order valence-electron chi connectivity index (χ4n) is 3.29. The second-order valence-electron chi connectivity index (χ2n) is 7.09. The third-order valence-corrected chi connectivity index (χ3v) is 7.27. The number of rotatable bonds is 7. The minimum atomic E-state index is -0.360. The van der Waals surface area contributed by atoms with Gasteiger partial charge in [0.25, 0.3) is 11.5 Å². The van der Waals surface area contributed by atoms with Crippen LogP contribution in [0.25, 0.3) is 21.3 Å². The van der Waals surface area contributed by atoms with Crippen molar-refractivity contribution in [1.29, 1.82) is 0 Å². The average molecular weight is 559 g/mol. The number of H-pyrrole nitrogens is 1. The summed E-state index contributed by atoms with van der Waals surface area (Å²) in [7, 11) is 1.44. The summed E-state index contributed by atoms with van der Waals surface area (Å²) in [5.74, 6) is -0.0801. The van der Waals surface area contributed by atoms with Crippen LogP contribution in [0.2, 0.25) is 0 Å². The average Bonchev–Trinajstić information content (AvgIpc) is 3.16. The lowest BCUT2D eigenvalue weighted by Crippen LogP contribution is -2.20. The van der Waals surface area contributed by atoms with E-state index in [1.807, 2.05) is 37.3 Å². The molecule has 0 saturated heterocycles.